The van der Waals surface area contributed by atoms with Crippen LogP contribution in [0.2, 0.25) is 0 Å². The summed E-state index contributed by atoms with van der Waals surface area (Å²) in [4.78, 5) is 7.74. The number of amidine groups is 1. The highest BCUT2D eigenvalue weighted by molar-refractivity contribution is 5.99. The summed E-state index contributed by atoms with van der Waals surface area (Å²) in [6.45, 7) is 3.21. The van der Waals surface area contributed by atoms with E-state index in [2.05, 4.69) is 10.1 Å². The summed E-state index contributed by atoms with van der Waals surface area (Å²) in [7, 11) is 1.64. The largest absolute Gasteiger partial charge is 0.496 e. The zero-order chi connectivity index (χ0) is 19.0. The Bertz CT molecular complexity index is 864. The van der Waals surface area contributed by atoms with Crippen molar-refractivity contribution < 1.29 is 18.4 Å². The van der Waals surface area contributed by atoms with Crippen LogP contribution in [-0.4, -0.2) is 37.0 Å². The fourth-order valence-electron chi connectivity index (χ4n) is 4.11. The average Bonchev–Trinajstić information content (AvgIpc) is 2.67. The first-order chi connectivity index (χ1) is 13.1. The van der Waals surface area contributed by atoms with Gasteiger partial charge < -0.3 is 14.5 Å². The molecule has 2 aromatic carbocycles. The van der Waals surface area contributed by atoms with Gasteiger partial charge in [0, 0.05) is 24.1 Å². The van der Waals surface area contributed by atoms with Gasteiger partial charge in [0.2, 0.25) is 0 Å². The van der Waals surface area contributed by atoms with Gasteiger partial charge in [0.25, 0.3) is 0 Å². The van der Waals surface area contributed by atoms with Crippen LogP contribution in [-0.2, 0) is 4.84 Å². The molecule has 0 N–H and O–H groups in total. The quantitative estimate of drug-likeness (QED) is 0.809. The van der Waals surface area contributed by atoms with Crippen LogP contribution in [0, 0.1) is 18.6 Å². The second-order valence-electron chi connectivity index (χ2n) is 7.11. The predicted octanol–water partition coefficient (Wildman–Crippen LogP) is 4.22. The third-order valence-electron chi connectivity index (χ3n) is 5.43. The highest BCUT2D eigenvalue weighted by atomic mass is 19.1. The number of hydrogen-bond acceptors (Lipinski definition) is 4. The summed E-state index contributed by atoms with van der Waals surface area (Å²) in [5, 5.41) is 4.29. The number of piperidine rings is 1. The van der Waals surface area contributed by atoms with Crippen molar-refractivity contribution in [2.24, 2.45) is 5.16 Å². The molecular formula is C21H22F2N2O2. The van der Waals surface area contributed by atoms with Gasteiger partial charge >= 0.3 is 0 Å². The molecule has 0 bridgehead atoms. The van der Waals surface area contributed by atoms with Crippen LogP contribution in [0.25, 0.3) is 0 Å². The van der Waals surface area contributed by atoms with Crippen LogP contribution in [0.1, 0.15) is 35.4 Å². The summed E-state index contributed by atoms with van der Waals surface area (Å²) >= 11 is 0. The molecule has 2 unspecified atom stereocenters. The highest BCUT2D eigenvalue weighted by Crippen LogP contribution is 2.36. The van der Waals surface area contributed by atoms with Crippen molar-refractivity contribution in [3.05, 3.63) is 64.7 Å². The summed E-state index contributed by atoms with van der Waals surface area (Å²) in [5.41, 5.74) is 2.63. The van der Waals surface area contributed by atoms with Crippen molar-refractivity contribution in [3.63, 3.8) is 0 Å². The number of ether oxygens (including phenoxy) is 1. The Kier molecular flexibility index (Phi) is 4.72. The maximum atomic E-state index is 13.7. The Hall–Kier alpha value is -2.63. The third-order valence-corrected chi connectivity index (χ3v) is 5.43. The summed E-state index contributed by atoms with van der Waals surface area (Å²) in [6.07, 6.45) is 1.78. The molecule has 0 spiro atoms. The minimum atomic E-state index is -0.545. The number of methoxy groups -OCH3 is 1. The highest BCUT2D eigenvalue weighted by Gasteiger charge is 2.38. The van der Waals surface area contributed by atoms with Gasteiger partial charge in [0.05, 0.1) is 13.2 Å². The number of nitrogens with zero attached hydrogens (tertiary/aromatic N) is 2. The standard InChI is InChI=1S/C21H22F2N2O2/c1-13-5-6-14(10-20(13)26-2)21-24-27-12-19-18(4-3-7-25(19)21)15-8-16(22)11-17(23)9-15/h5-6,8-11,18-19H,3-4,7,12H2,1-2H3. The van der Waals surface area contributed by atoms with E-state index in [1.807, 2.05) is 25.1 Å². The normalized spacial score (nSPS) is 21.9. The van der Waals surface area contributed by atoms with E-state index in [0.29, 0.717) is 12.2 Å². The molecule has 0 radical (unpaired) electrons. The fraction of sp³-hybridized carbons (Fsp3) is 0.381. The van der Waals surface area contributed by atoms with Gasteiger partial charge in [0.15, 0.2) is 5.84 Å². The summed E-state index contributed by atoms with van der Waals surface area (Å²) < 4.78 is 32.9. The van der Waals surface area contributed by atoms with Gasteiger partial charge in [-0.15, -0.1) is 0 Å². The van der Waals surface area contributed by atoms with Crippen molar-refractivity contribution in [2.45, 2.75) is 31.7 Å². The number of oxime groups is 1. The lowest BCUT2D eigenvalue weighted by Gasteiger charge is -2.44. The Labute approximate surface area is 157 Å². The topological polar surface area (TPSA) is 34.1 Å². The molecule has 2 atom stereocenters. The van der Waals surface area contributed by atoms with Gasteiger partial charge in [-0.05, 0) is 49.1 Å². The second-order valence-corrected chi connectivity index (χ2v) is 7.11. The zero-order valence-corrected chi connectivity index (χ0v) is 15.4. The van der Waals surface area contributed by atoms with E-state index in [-0.39, 0.29) is 12.0 Å². The van der Waals surface area contributed by atoms with Gasteiger partial charge in [-0.25, -0.2) is 8.78 Å². The number of benzene rings is 2. The van der Waals surface area contributed by atoms with E-state index in [0.717, 1.165) is 48.2 Å². The van der Waals surface area contributed by atoms with Crippen LogP contribution in [0.3, 0.4) is 0 Å². The molecule has 2 heterocycles. The number of fused-ring (bicyclic) bond motifs is 1. The summed E-state index contributed by atoms with van der Waals surface area (Å²) in [5.74, 6) is 0.429. The molecule has 0 amide bonds. The summed E-state index contributed by atoms with van der Waals surface area (Å²) in [6, 6.07) is 9.69. The maximum Gasteiger partial charge on any atom is 0.175 e. The molecule has 6 heteroatoms. The van der Waals surface area contributed by atoms with Crippen LogP contribution in [0.4, 0.5) is 8.78 Å². The lowest BCUT2D eigenvalue weighted by molar-refractivity contribution is 0.0353. The molecule has 1 saturated heterocycles. The van der Waals surface area contributed by atoms with Gasteiger partial charge in [-0.3, -0.25) is 0 Å². The average molecular weight is 372 g/mol. The minimum Gasteiger partial charge on any atom is -0.496 e. The Morgan fingerprint density at radius 2 is 1.93 bits per heavy atom. The smallest absolute Gasteiger partial charge is 0.175 e. The lowest BCUT2D eigenvalue weighted by Crippen LogP contribution is -2.52. The molecular weight excluding hydrogens is 350 g/mol. The Balaban J connectivity index is 1.67. The molecule has 1 fully saturated rings. The second kappa shape index (κ2) is 7.18. The molecule has 142 valence electrons. The first-order valence-corrected chi connectivity index (χ1v) is 9.14. The van der Waals surface area contributed by atoms with E-state index < -0.39 is 11.6 Å². The first-order valence-electron chi connectivity index (χ1n) is 9.14. The van der Waals surface area contributed by atoms with E-state index in [9.17, 15) is 8.78 Å². The molecule has 2 aromatic rings. The van der Waals surface area contributed by atoms with E-state index in [4.69, 9.17) is 9.57 Å². The lowest BCUT2D eigenvalue weighted by atomic mass is 9.83. The monoisotopic (exact) mass is 372 g/mol. The van der Waals surface area contributed by atoms with Crippen LogP contribution in [0.5, 0.6) is 5.75 Å². The van der Waals surface area contributed by atoms with Crippen molar-refractivity contribution in [1.82, 2.24) is 4.90 Å². The van der Waals surface area contributed by atoms with Gasteiger partial charge in [-0.1, -0.05) is 17.3 Å². The van der Waals surface area contributed by atoms with Gasteiger partial charge in [0.1, 0.15) is 24.0 Å². The number of aryl methyl sites for hydroxylation is 1. The minimum absolute atomic E-state index is 0.0122. The van der Waals surface area contributed by atoms with E-state index in [1.54, 1.807) is 7.11 Å². The first kappa shape index (κ1) is 17.8. The number of hydrogen-bond donors (Lipinski definition) is 0. The molecule has 0 aliphatic carbocycles. The van der Waals surface area contributed by atoms with Crippen molar-refractivity contribution in [3.8, 4) is 5.75 Å². The molecule has 2 aliphatic rings. The van der Waals surface area contributed by atoms with Crippen molar-refractivity contribution >= 4 is 5.84 Å². The third kappa shape index (κ3) is 3.36. The zero-order valence-electron chi connectivity index (χ0n) is 15.4. The maximum absolute atomic E-state index is 13.7. The molecule has 4 rings (SSSR count). The molecule has 2 aliphatic heterocycles. The van der Waals surface area contributed by atoms with Crippen molar-refractivity contribution in [2.75, 3.05) is 20.3 Å². The number of halogens is 2. The van der Waals surface area contributed by atoms with Gasteiger partial charge in [-0.2, -0.15) is 0 Å². The SMILES string of the molecule is COc1cc(C2=NOCC3C(c4cc(F)cc(F)c4)CCCN23)ccc1C. The predicted molar refractivity (Wildman–Crippen MR) is 99.0 cm³/mol. The number of rotatable bonds is 3. The molecule has 27 heavy (non-hydrogen) atoms. The molecule has 4 nitrogen and oxygen atoms in total. The Morgan fingerprint density at radius 1 is 1.15 bits per heavy atom. The van der Waals surface area contributed by atoms with E-state index in [1.165, 1.54) is 12.1 Å². The van der Waals surface area contributed by atoms with E-state index >= 15 is 0 Å². The van der Waals surface area contributed by atoms with Crippen molar-refractivity contribution in [1.29, 1.82) is 0 Å². The Morgan fingerprint density at radius 3 is 2.67 bits per heavy atom. The van der Waals surface area contributed by atoms with Crippen LogP contribution in [0.15, 0.2) is 41.6 Å². The molecule has 0 saturated carbocycles. The molecule has 0 aromatic heterocycles. The van der Waals surface area contributed by atoms with Crippen LogP contribution < -0.4 is 4.74 Å². The fourth-order valence-corrected chi connectivity index (χ4v) is 4.11. The van der Waals surface area contributed by atoms with Crippen LogP contribution >= 0.6 is 0 Å².